The fraction of sp³-hybridized carbons (Fsp3) is 0.143. The number of rotatable bonds is 18. The zero-order valence-corrected chi connectivity index (χ0v) is 37.0. The molecule has 3 amide bonds. The van der Waals surface area contributed by atoms with Crippen LogP contribution in [-0.4, -0.2) is 131 Å². The fourth-order valence-electron chi connectivity index (χ4n) is 6.55. The quantitative estimate of drug-likeness (QED) is 0.0559. The first-order chi connectivity index (χ1) is 31.6. The molecule has 0 saturated carbocycles. The zero-order chi connectivity index (χ0) is 48.7. The van der Waals surface area contributed by atoms with Gasteiger partial charge in [-0.3, -0.25) is 47.9 Å². The number of amides is 3. The third-order valence-corrected chi connectivity index (χ3v) is 12.3. The second kappa shape index (κ2) is 20.4. The number of aromatic nitrogens is 3. The van der Waals surface area contributed by atoms with Gasteiger partial charge in [-0.15, -0.1) is 0 Å². The van der Waals surface area contributed by atoms with E-state index in [2.05, 4.69) is 30.9 Å². The standard InChI is InChI=1S/C42H39N7O15S3/c50-37-28(34-7-1-4-10-43-34)19-25(65(56,57)58)22-31(37)40(53)46-13-16-49(17-14-47-41(54)32-23-26(66(59,60)61)20-29(38(32)51)35-8-2-5-11-44-35)18-15-48-42(55)33-24-27(67(62,63)64)21-30(39(33)52)36-9-3-6-12-45-36/h1-12,19-24,50-52H,13-18H2,(H,46,53)(H,47,54)(H,48,55)(H,56,57,58)(H,59,60,61)(H,62,63,64). The molecule has 3 aromatic carbocycles. The molecular formula is C42H39N7O15S3. The summed E-state index contributed by atoms with van der Waals surface area (Å²) in [7, 11) is -14.7. The molecule has 0 bridgehead atoms. The molecule has 6 aromatic rings. The number of hydrogen-bond donors (Lipinski definition) is 9. The van der Waals surface area contributed by atoms with Crippen LogP contribution in [0.4, 0.5) is 0 Å². The molecule has 6 rings (SSSR count). The van der Waals surface area contributed by atoms with Gasteiger partial charge < -0.3 is 31.3 Å². The van der Waals surface area contributed by atoms with Crippen LogP contribution in [0.5, 0.6) is 17.2 Å². The van der Waals surface area contributed by atoms with Crippen LogP contribution in [0.2, 0.25) is 0 Å². The molecule has 0 aliphatic rings. The molecule has 25 heteroatoms. The third-order valence-electron chi connectivity index (χ3n) is 9.84. The lowest BCUT2D eigenvalue weighted by atomic mass is 10.0. The summed E-state index contributed by atoms with van der Waals surface area (Å²) in [6.45, 7) is -1.02. The lowest BCUT2D eigenvalue weighted by Crippen LogP contribution is -2.43. The van der Waals surface area contributed by atoms with Gasteiger partial charge >= 0.3 is 0 Å². The van der Waals surface area contributed by atoms with Crippen LogP contribution in [0.1, 0.15) is 31.1 Å². The molecule has 3 heterocycles. The van der Waals surface area contributed by atoms with Gasteiger partial charge in [0.25, 0.3) is 48.1 Å². The predicted octanol–water partition coefficient (Wildman–Crippen LogP) is 2.62. The normalized spacial score (nSPS) is 11.8. The highest BCUT2D eigenvalue weighted by atomic mass is 32.2. The molecule has 3 aromatic heterocycles. The molecular weight excluding hydrogens is 939 g/mol. The van der Waals surface area contributed by atoms with Crippen molar-refractivity contribution in [2.75, 3.05) is 39.3 Å². The molecule has 0 spiro atoms. The summed E-state index contributed by atoms with van der Waals surface area (Å²) in [6, 6.07) is 18.6. The summed E-state index contributed by atoms with van der Waals surface area (Å²) in [4.78, 5) is 52.0. The largest absolute Gasteiger partial charge is 0.506 e. The SMILES string of the molecule is O=C(NCCN(CCNC(=O)c1cc(S(=O)(=O)O)cc(-c2ccccn2)c1O)CCNC(=O)c1cc(S(=O)(=O)O)cc(-c2ccccn2)c1O)c1cc(S(=O)(=O)O)cc(-c2ccccn2)c1O. The van der Waals surface area contributed by atoms with Gasteiger partial charge in [0.05, 0.1) is 48.5 Å². The Kier molecular flexibility index (Phi) is 14.9. The number of carbonyl (C=O) groups excluding carboxylic acids is 3. The van der Waals surface area contributed by atoms with Crippen LogP contribution in [0.25, 0.3) is 33.8 Å². The predicted molar refractivity (Wildman–Crippen MR) is 237 cm³/mol. The van der Waals surface area contributed by atoms with Gasteiger partial charge in [0.1, 0.15) is 17.2 Å². The molecule has 67 heavy (non-hydrogen) atoms. The van der Waals surface area contributed by atoms with Crippen LogP contribution in [0.3, 0.4) is 0 Å². The van der Waals surface area contributed by atoms with Gasteiger partial charge in [0.15, 0.2) is 0 Å². The van der Waals surface area contributed by atoms with Crippen LogP contribution in [-0.2, 0) is 30.4 Å². The number of nitrogens with zero attached hydrogens (tertiary/aromatic N) is 4. The molecule has 22 nitrogen and oxygen atoms in total. The lowest BCUT2D eigenvalue weighted by molar-refractivity contribution is 0.0945. The number of hydrogen-bond acceptors (Lipinski definition) is 16. The topological polar surface area (TPSA) is 353 Å². The number of phenols is 3. The smallest absolute Gasteiger partial charge is 0.294 e. The minimum atomic E-state index is -4.89. The van der Waals surface area contributed by atoms with Crippen LogP contribution in [0, 0.1) is 0 Å². The first-order valence-corrected chi connectivity index (χ1v) is 23.8. The lowest BCUT2D eigenvalue weighted by Gasteiger charge is -2.23. The summed E-state index contributed by atoms with van der Waals surface area (Å²) < 4.78 is 102. The van der Waals surface area contributed by atoms with E-state index in [0.717, 1.165) is 36.4 Å². The number of pyridine rings is 3. The number of nitrogens with one attached hydrogen (secondary N) is 3. The Morgan fingerprint density at radius 1 is 0.448 bits per heavy atom. The van der Waals surface area contributed by atoms with E-state index in [1.165, 1.54) is 36.8 Å². The van der Waals surface area contributed by atoms with Crippen LogP contribution in [0.15, 0.2) is 124 Å². The first-order valence-electron chi connectivity index (χ1n) is 19.5. The highest BCUT2D eigenvalue weighted by Gasteiger charge is 2.26. The van der Waals surface area contributed by atoms with Crippen molar-refractivity contribution >= 4 is 48.1 Å². The van der Waals surface area contributed by atoms with Crippen molar-refractivity contribution in [2.45, 2.75) is 14.7 Å². The average molecular weight is 978 g/mol. The minimum Gasteiger partial charge on any atom is -0.506 e. The number of aromatic hydroxyl groups is 3. The Morgan fingerprint density at radius 2 is 0.716 bits per heavy atom. The highest BCUT2D eigenvalue weighted by Crippen LogP contribution is 2.36. The highest BCUT2D eigenvalue weighted by molar-refractivity contribution is 7.86. The Bertz CT molecular complexity index is 2840. The van der Waals surface area contributed by atoms with Crippen molar-refractivity contribution in [3.63, 3.8) is 0 Å². The van der Waals surface area contributed by atoms with Crippen molar-refractivity contribution < 1.29 is 68.6 Å². The minimum absolute atomic E-state index is 0.0757. The van der Waals surface area contributed by atoms with Gasteiger partial charge in [-0.1, -0.05) is 18.2 Å². The molecule has 0 fully saturated rings. The number of phenolic OH excluding ortho intramolecular Hbond substituents is 3. The molecule has 0 aliphatic heterocycles. The Labute approximate surface area is 382 Å². The third kappa shape index (κ3) is 12.1. The molecule has 0 saturated heterocycles. The Balaban J connectivity index is 1.23. The molecule has 0 unspecified atom stereocenters. The maximum atomic E-state index is 13.5. The van der Waals surface area contributed by atoms with E-state index in [1.54, 1.807) is 41.3 Å². The van der Waals surface area contributed by atoms with E-state index < -0.39 is 96.7 Å². The van der Waals surface area contributed by atoms with Gasteiger partial charge in [-0.2, -0.15) is 25.3 Å². The summed E-state index contributed by atoms with van der Waals surface area (Å²) in [5, 5.41) is 40.7. The fourth-order valence-corrected chi connectivity index (χ4v) is 8.15. The summed E-state index contributed by atoms with van der Waals surface area (Å²) in [5.74, 6) is -4.95. The van der Waals surface area contributed by atoms with Gasteiger partial charge in [-0.25, -0.2) is 0 Å². The van der Waals surface area contributed by atoms with E-state index in [1.807, 2.05) is 0 Å². The van der Waals surface area contributed by atoms with E-state index in [-0.39, 0.29) is 73.0 Å². The van der Waals surface area contributed by atoms with E-state index in [4.69, 9.17) is 0 Å². The second-order valence-electron chi connectivity index (χ2n) is 14.3. The second-order valence-corrected chi connectivity index (χ2v) is 18.5. The molecule has 9 N–H and O–H groups in total. The summed E-state index contributed by atoms with van der Waals surface area (Å²) >= 11 is 0. The monoisotopic (exact) mass is 977 g/mol. The van der Waals surface area contributed by atoms with E-state index in [0.29, 0.717) is 0 Å². The van der Waals surface area contributed by atoms with E-state index in [9.17, 15) is 68.6 Å². The van der Waals surface area contributed by atoms with Crippen LogP contribution < -0.4 is 16.0 Å². The van der Waals surface area contributed by atoms with Crippen molar-refractivity contribution in [3.8, 4) is 51.0 Å². The number of carbonyl (C=O) groups is 3. The molecule has 350 valence electrons. The summed E-state index contributed by atoms with van der Waals surface area (Å²) in [6.07, 6.45) is 4.06. The molecule has 0 radical (unpaired) electrons. The van der Waals surface area contributed by atoms with Crippen molar-refractivity contribution in [1.29, 1.82) is 0 Å². The maximum absolute atomic E-state index is 13.5. The van der Waals surface area contributed by atoms with Gasteiger partial charge in [-0.05, 0) is 72.8 Å². The van der Waals surface area contributed by atoms with Crippen molar-refractivity contribution in [1.82, 2.24) is 35.8 Å². The number of benzene rings is 3. The zero-order valence-electron chi connectivity index (χ0n) is 34.5. The van der Waals surface area contributed by atoms with Crippen molar-refractivity contribution in [3.05, 3.63) is 126 Å². The molecule has 0 aliphatic carbocycles. The first kappa shape index (κ1) is 49.1. The van der Waals surface area contributed by atoms with E-state index >= 15 is 0 Å². The Hall–Kier alpha value is -7.39. The van der Waals surface area contributed by atoms with Gasteiger partial charge in [0, 0.05) is 74.5 Å². The van der Waals surface area contributed by atoms with Gasteiger partial charge in [0.2, 0.25) is 0 Å². The Morgan fingerprint density at radius 3 is 0.940 bits per heavy atom. The maximum Gasteiger partial charge on any atom is 0.294 e. The molecule has 0 atom stereocenters. The average Bonchev–Trinajstić information content (AvgIpc) is 3.28. The summed E-state index contributed by atoms with van der Waals surface area (Å²) in [5.41, 5.74) is -1.97. The van der Waals surface area contributed by atoms with Crippen LogP contribution >= 0.6 is 0 Å². The van der Waals surface area contributed by atoms with Crippen molar-refractivity contribution in [2.24, 2.45) is 0 Å².